The summed E-state index contributed by atoms with van der Waals surface area (Å²) in [6, 6.07) is 23.2. The van der Waals surface area contributed by atoms with Crippen LogP contribution in [0, 0.1) is 0 Å². The van der Waals surface area contributed by atoms with Crippen molar-refractivity contribution in [2.75, 3.05) is 0 Å². The van der Waals surface area contributed by atoms with Crippen LogP contribution in [0.1, 0.15) is 11.1 Å². The zero-order chi connectivity index (χ0) is 22.9. The van der Waals surface area contributed by atoms with Gasteiger partial charge in [0, 0.05) is 4.47 Å². The third-order valence-electron chi connectivity index (χ3n) is 5.08. The molecule has 0 aliphatic rings. The maximum absolute atomic E-state index is 13.9. The van der Waals surface area contributed by atoms with Gasteiger partial charge in [0.25, 0.3) is 0 Å². The average Bonchev–Trinajstić information content (AvgIpc) is 3.19. The number of carboxylic acid groups (broad SMARTS) is 1. The van der Waals surface area contributed by atoms with E-state index in [4.69, 9.17) is 5.11 Å². The van der Waals surface area contributed by atoms with E-state index >= 15 is 0 Å². The Morgan fingerprint density at radius 1 is 0.812 bits per heavy atom. The summed E-state index contributed by atoms with van der Waals surface area (Å²) in [6.07, 6.45) is -4.65. The molecule has 3 nitrogen and oxygen atoms in total. The Morgan fingerprint density at radius 3 is 1.88 bits per heavy atom. The first-order chi connectivity index (χ1) is 15.2. The van der Waals surface area contributed by atoms with Crippen molar-refractivity contribution >= 4 is 21.9 Å². The Balaban J connectivity index is 1.93. The number of hydrogen-bond donors (Lipinski definition) is 1. The highest BCUT2D eigenvalue weighted by Crippen LogP contribution is 2.39. The molecule has 4 aromatic rings. The predicted octanol–water partition coefficient (Wildman–Crippen LogP) is 7.22. The molecule has 0 fully saturated rings. The maximum Gasteiger partial charge on any atom is 0.418 e. The molecule has 1 heterocycles. The van der Waals surface area contributed by atoms with Crippen molar-refractivity contribution in [2.45, 2.75) is 12.6 Å². The molecule has 162 valence electrons. The second-order valence-corrected chi connectivity index (χ2v) is 8.14. The van der Waals surface area contributed by atoms with Gasteiger partial charge in [-0.05, 0) is 53.1 Å². The number of benzene rings is 3. The van der Waals surface area contributed by atoms with Gasteiger partial charge >= 0.3 is 12.1 Å². The number of hydrogen-bond acceptors (Lipinski definition) is 1. The van der Waals surface area contributed by atoms with E-state index in [1.165, 1.54) is 12.1 Å². The Kier molecular flexibility index (Phi) is 5.93. The van der Waals surface area contributed by atoms with Crippen molar-refractivity contribution in [3.63, 3.8) is 0 Å². The van der Waals surface area contributed by atoms with Gasteiger partial charge < -0.3 is 9.67 Å². The molecule has 0 aliphatic heterocycles. The third kappa shape index (κ3) is 4.48. The van der Waals surface area contributed by atoms with E-state index in [9.17, 15) is 18.0 Å². The first kappa shape index (κ1) is 21.9. The zero-order valence-corrected chi connectivity index (χ0v) is 18.2. The Hall–Kier alpha value is -3.32. The van der Waals surface area contributed by atoms with Crippen LogP contribution in [0.2, 0.25) is 0 Å². The SMILES string of the molecule is O=C(O)Cc1ccc(-c2ccc(-c3ccc(Br)cc3)n2-c2ccccc2C(F)(F)F)cc1. The largest absolute Gasteiger partial charge is 0.481 e. The summed E-state index contributed by atoms with van der Waals surface area (Å²) in [7, 11) is 0. The molecule has 0 unspecified atom stereocenters. The predicted molar refractivity (Wildman–Crippen MR) is 121 cm³/mol. The molecule has 0 aliphatic carbocycles. The van der Waals surface area contributed by atoms with Crippen LogP contribution in [0.15, 0.2) is 89.4 Å². The van der Waals surface area contributed by atoms with Crippen LogP contribution in [0.25, 0.3) is 28.2 Å². The molecule has 0 spiro atoms. The molecule has 0 saturated carbocycles. The van der Waals surface area contributed by atoms with Crippen molar-refractivity contribution in [3.05, 3.63) is 101 Å². The normalized spacial score (nSPS) is 11.5. The number of aromatic nitrogens is 1. The molecule has 1 N–H and O–H groups in total. The Labute approximate surface area is 190 Å². The maximum atomic E-state index is 13.9. The molecule has 7 heteroatoms. The lowest BCUT2D eigenvalue weighted by atomic mass is 10.1. The van der Waals surface area contributed by atoms with Crippen LogP contribution < -0.4 is 0 Å². The summed E-state index contributed by atoms with van der Waals surface area (Å²) in [5.41, 5.74) is 2.52. The molecule has 32 heavy (non-hydrogen) atoms. The van der Waals surface area contributed by atoms with Gasteiger partial charge in [0.2, 0.25) is 0 Å². The quantitative estimate of drug-likeness (QED) is 0.315. The number of carboxylic acids is 1. The number of halogens is 4. The van der Waals surface area contributed by atoms with Gasteiger partial charge in [-0.3, -0.25) is 4.79 Å². The van der Waals surface area contributed by atoms with E-state index in [1.807, 2.05) is 24.3 Å². The number of aliphatic carboxylic acids is 1. The van der Waals surface area contributed by atoms with Gasteiger partial charge in [0.1, 0.15) is 0 Å². The zero-order valence-electron chi connectivity index (χ0n) is 16.6. The highest BCUT2D eigenvalue weighted by atomic mass is 79.9. The summed E-state index contributed by atoms with van der Waals surface area (Å²) in [5, 5.41) is 8.99. The van der Waals surface area contributed by atoms with Crippen molar-refractivity contribution in [1.82, 2.24) is 4.57 Å². The second kappa shape index (κ2) is 8.67. The summed E-state index contributed by atoms with van der Waals surface area (Å²) in [6.45, 7) is 0. The van der Waals surface area contributed by atoms with Crippen LogP contribution in [-0.4, -0.2) is 15.6 Å². The van der Waals surface area contributed by atoms with Gasteiger partial charge in [-0.15, -0.1) is 0 Å². The molecular weight excluding hydrogens is 483 g/mol. The molecule has 3 aromatic carbocycles. The summed E-state index contributed by atoms with van der Waals surface area (Å²) >= 11 is 3.39. The molecule has 0 atom stereocenters. The van der Waals surface area contributed by atoms with Gasteiger partial charge in [-0.1, -0.05) is 64.5 Å². The molecule has 0 amide bonds. The third-order valence-corrected chi connectivity index (χ3v) is 5.60. The standard InChI is InChI=1S/C25H17BrF3NO2/c26-19-11-9-18(10-12-19)22-14-13-21(17-7-5-16(6-8-17)15-24(31)32)30(22)23-4-2-1-3-20(23)25(27,28)29/h1-14H,15H2,(H,31,32). The summed E-state index contributed by atoms with van der Waals surface area (Å²) in [5.74, 6) is -0.947. The summed E-state index contributed by atoms with van der Waals surface area (Å²) < 4.78 is 44.0. The van der Waals surface area contributed by atoms with Crippen LogP contribution in [0.5, 0.6) is 0 Å². The fourth-order valence-electron chi connectivity index (χ4n) is 3.64. The average molecular weight is 500 g/mol. The second-order valence-electron chi connectivity index (χ2n) is 7.23. The first-order valence-corrected chi connectivity index (χ1v) is 10.5. The van der Waals surface area contributed by atoms with E-state index in [0.29, 0.717) is 22.5 Å². The van der Waals surface area contributed by atoms with E-state index in [-0.39, 0.29) is 12.1 Å². The van der Waals surface area contributed by atoms with Crippen LogP contribution in [-0.2, 0) is 17.4 Å². The van der Waals surface area contributed by atoms with Gasteiger partial charge in [-0.25, -0.2) is 0 Å². The van der Waals surface area contributed by atoms with Crippen LogP contribution in [0.3, 0.4) is 0 Å². The Morgan fingerprint density at radius 2 is 1.34 bits per heavy atom. The van der Waals surface area contributed by atoms with E-state index < -0.39 is 17.7 Å². The monoisotopic (exact) mass is 499 g/mol. The molecule has 1 aromatic heterocycles. The minimum absolute atomic E-state index is 0.0209. The van der Waals surface area contributed by atoms with Crippen molar-refractivity contribution in [3.8, 4) is 28.2 Å². The Bertz CT molecular complexity index is 1260. The number of carbonyl (C=O) groups is 1. The van der Waals surface area contributed by atoms with E-state index in [0.717, 1.165) is 16.1 Å². The molecule has 0 bridgehead atoms. The smallest absolute Gasteiger partial charge is 0.418 e. The number of alkyl halides is 3. The lowest BCUT2D eigenvalue weighted by Crippen LogP contribution is -2.12. The first-order valence-electron chi connectivity index (χ1n) is 9.69. The minimum atomic E-state index is -4.53. The van der Waals surface area contributed by atoms with Crippen LogP contribution in [0.4, 0.5) is 13.2 Å². The van der Waals surface area contributed by atoms with Crippen LogP contribution >= 0.6 is 15.9 Å². The fraction of sp³-hybridized carbons (Fsp3) is 0.0800. The number of rotatable bonds is 5. The highest BCUT2D eigenvalue weighted by molar-refractivity contribution is 9.10. The van der Waals surface area contributed by atoms with E-state index in [1.54, 1.807) is 47.0 Å². The highest BCUT2D eigenvalue weighted by Gasteiger charge is 2.34. The molecule has 0 saturated heterocycles. The van der Waals surface area contributed by atoms with Gasteiger partial charge in [0.05, 0.1) is 29.1 Å². The van der Waals surface area contributed by atoms with Crippen molar-refractivity contribution in [1.29, 1.82) is 0 Å². The topological polar surface area (TPSA) is 42.2 Å². The lowest BCUT2D eigenvalue weighted by molar-refractivity contribution is -0.138. The molecule has 4 rings (SSSR count). The molecule has 0 radical (unpaired) electrons. The summed E-state index contributed by atoms with van der Waals surface area (Å²) in [4.78, 5) is 11.0. The number of nitrogens with zero attached hydrogens (tertiary/aromatic N) is 1. The fourth-order valence-corrected chi connectivity index (χ4v) is 3.91. The lowest BCUT2D eigenvalue weighted by Gasteiger charge is -2.19. The van der Waals surface area contributed by atoms with Crippen molar-refractivity contribution < 1.29 is 23.1 Å². The minimum Gasteiger partial charge on any atom is -0.481 e. The van der Waals surface area contributed by atoms with Gasteiger partial charge in [0.15, 0.2) is 0 Å². The number of para-hydroxylation sites is 1. The van der Waals surface area contributed by atoms with Gasteiger partial charge in [-0.2, -0.15) is 13.2 Å². The van der Waals surface area contributed by atoms with Crippen molar-refractivity contribution in [2.24, 2.45) is 0 Å². The van der Waals surface area contributed by atoms with E-state index in [2.05, 4.69) is 15.9 Å². The molecular formula is C25H17BrF3NO2.